The molecule has 0 radical (unpaired) electrons. The molecule has 3 N–H and O–H groups in total. The zero-order chi connectivity index (χ0) is 43.5. The van der Waals surface area contributed by atoms with Gasteiger partial charge in [0.05, 0.1) is 22.3 Å². The average Bonchev–Trinajstić information content (AvgIpc) is 3.15. The minimum atomic E-state index is -5.93. The van der Waals surface area contributed by atoms with Gasteiger partial charge in [-0.2, -0.15) is 26.3 Å². The van der Waals surface area contributed by atoms with Gasteiger partial charge in [-0.25, -0.2) is 4.79 Å². The number of benzene rings is 5. The third kappa shape index (κ3) is 9.07. The zero-order valence-corrected chi connectivity index (χ0v) is 31.6. The van der Waals surface area contributed by atoms with Crippen molar-refractivity contribution in [1.29, 1.82) is 0 Å². The van der Waals surface area contributed by atoms with E-state index >= 15 is 0 Å². The summed E-state index contributed by atoms with van der Waals surface area (Å²) >= 11 is 0. The Morgan fingerprint density at radius 2 is 1.17 bits per heavy atom. The van der Waals surface area contributed by atoms with Crippen LogP contribution in [0.2, 0.25) is 0 Å². The first-order valence-corrected chi connectivity index (χ1v) is 17.6. The number of halogens is 6. The van der Waals surface area contributed by atoms with Crippen LogP contribution in [0.15, 0.2) is 103 Å². The van der Waals surface area contributed by atoms with E-state index in [1.165, 1.54) is 39.0 Å². The maximum absolute atomic E-state index is 14.9. The second kappa shape index (κ2) is 16.7. The highest BCUT2D eigenvalue weighted by Gasteiger charge is 2.72. The van der Waals surface area contributed by atoms with Gasteiger partial charge >= 0.3 is 18.3 Å². The van der Waals surface area contributed by atoms with Gasteiger partial charge in [0.1, 0.15) is 28.7 Å². The number of carboxylic acid groups (broad SMARTS) is 1. The lowest BCUT2D eigenvalue weighted by atomic mass is 9.73. The number of ether oxygens (including phenoxy) is 3. The first kappa shape index (κ1) is 43.4. The fourth-order valence-electron chi connectivity index (χ4n) is 6.38. The molecule has 5 aromatic rings. The van der Waals surface area contributed by atoms with Gasteiger partial charge in [0, 0.05) is 11.3 Å². The summed E-state index contributed by atoms with van der Waals surface area (Å²) < 4.78 is 105. The van der Waals surface area contributed by atoms with Crippen molar-refractivity contribution in [3.8, 4) is 28.7 Å². The van der Waals surface area contributed by atoms with Crippen molar-refractivity contribution in [3.63, 3.8) is 0 Å². The summed E-state index contributed by atoms with van der Waals surface area (Å²) in [7, 11) is 0. The molecule has 0 saturated carbocycles. The molecule has 0 atom stereocenters. The van der Waals surface area contributed by atoms with Gasteiger partial charge in [0.25, 0.3) is 12.4 Å². The molecule has 5 aromatic carbocycles. The number of aromatic carboxylic acids is 1. The minimum Gasteiger partial charge on any atom is -0.478 e. The number of anilines is 1. The number of nitrogens with one attached hydrogen (secondary N) is 1. The number of ketones is 1. The largest absolute Gasteiger partial charge is 0.478 e. The fourth-order valence-corrected chi connectivity index (χ4v) is 6.38. The number of hydrogen-bond donors (Lipinski definition) is 3. The Kier molecular flexibility index (Phi) is 12.3. The molecular weight excluding hydrogens is 788 g/mol. The molecule has 0 aliphatic carbocycles. The molecule has 0 heterocycles. The van der Waals surface area contributed by atoms with Crippen LogP contribution in [0.5, 0.6) is 28.7 Å². The van der Waals surface area contributed by atoms with Crippen molar-refractivity contribution in [2.75, 3.05) is 5.32 Å². The summed E-state index contributed by atoms with van der Waals surface area (Å²) in [5, 5.41) is 23.1. The molecule has 0 spiro atoms. The van der Waals surface area contributed by atoms with Crippen molar-refractivity contribution in [2.24, 2.45) is 0 Å². The standard InChI is InChI=1S/C43H35F6NO9/c1-5-25-6-18-36(35(20-25)40(3,4)56)50-38(53)34-22-30(15-17-32(34)39(54)55)58-28-11-7-26(8-12-28)41(42(44,45)46,43(47,48)49)27-9-13-29(14-10-27)59-31-16-19-37(57-23-51)33(21-31)24(2)52/h6-23,56H,5H2,1-4H3,(H,50,53)(H,54,55). The lowest BCUT2D eigenvalue weighted by molar-refractivity contribution is -0.288. The number of carbonyl (C=O) groups excluding carboxylic acids is 3. The number of alkyl halides is 6. The van der Waals surface area contributed by atoms with E-state index in [0.717, 1.165) is 48.0 Å². The van der Waals surface area contributed by atoms with E-state index in [-0.39, 0.29) is 46.5 Å². The predicted molar refractivity (Wildman–Crippen MR) is 201 cm³/mol. The Hall–Kier alpha value is -6.68. The Morgan fingerprint density at radius 3 is 1.61 bits per heavy atom. The van der Waals surface area contributed by atoms with Gasteiger partial charge < -0.3 is 29.7 Å². The van der Waals surface area contributed by atoms with Crippen LogP contribution in [-0.4, -0.2) is 46.7 Å². The van der Waals surface area contributed by atoms with Crippen molar-refractivity contribution in [3.05, 3.63) is 142 Å². The van der Waals surface area contributed by atoms with Gasteiger partial charge in [0.15, 0.2) is 5.78 Å². The second-order valence-electron chi connectivity index (χ2n) is 13.7. The van der Waals surface area contributed by atoms with Crippen LogP contribution in [-0.2, 0) is 22.2 Å². The predicted octanol–water partition coefficient (Wildman–Crippen LogP) is 10.2. The number of Topliss-reactive ketones (excluding diaryl/α,β-unsaturated/α-hetero) is 1. The summed E-state index contributed by atoms with van der Waals surface area (Å²) in [6, 6.07) is 17.8. The molecule has 0 aliphatic rings. The monoisotopic (exact) mass is 823 g/mol. The molecule has 5 rings (SSSR count). The Morgan fingerprint density at radius 1 is 0.678 bits per heavy atom. The topological polar surface area (TPSA) is 148 Å². The summed E-state index contributed by atoms with van der Waals surface area (Å²) in [6.07, 6.45) is -11.2. The molecule has 16 heteroatoms. The van der Waals surface area contributed by atoms with Crippen LogP contribution in [0, 0.1) is 0 Å². The first-order chi connectivity index (χ1) is 27.6. The lowest BCUT2D eigenvalue weighted by Crippen LogP contribution is -2.54. The van der Waals surface area contributed by atoms with Crippen LogP contribution < -0.4 is 19.5 Å². The van der Waals surface area contributed by atoms with Gasteiger partial charge in [-0.15, -0.1) is 0 Å². The smallest absolute Gasteiger partial charge is 0.411 e. The van der Waals surface area contributed by atoms with Gasteiger partial charge in [0.2, 0.25) is 5.41 Å². The van der Waals surface area contributed by atoms with E-state index in [9.17, 15) is 55.7 Å². The molecule has 10 nitrogen and oxygen atoms in total. The van der Waals surface area contributed by atoms with Crippen molar-refractivity contribution < 1.29 is 69.9 Å². The van der Waals surface area contributed by atoms with Crippen molar-refractivity contribution >= 4 is 29.8 Å². The maximum atomic E-state index is 14.9. The summed E-state index contributed by atoms with van der Waals surface area (Å²) in [6.45, 7) is 6.17. The normalized spacial score (nSPS) is 12.1. The van der Waals surface area contributed by atoms with E-state index in [2.05, 4.69) is 5.32 Å². The highest BCUT2D eigenvalue weighted by atomic mass is 19.4. The molecule has 0 aromatic heterocycles. The van der Waals surface area contributed by atoms with Gasteiger partial charge in [-0.3, -0.25) is 14.4 Å². The minimum absolute atomic E-state index is 0.0263. The second-order valence-corrected chi connectivity index (χ2v) is 13.7. The molecule has 308 valence electrons. The first-order valence-electron chi connectivity index (χ1n) is 17.6. The number of carbonyl (C=O) groups is 4. The summed E-state index contributed by atoms with van der Waals surface area (Å²) in [4.78, 5) is 48.3. The van der Waals surface area contributed by atoms with Gasteiger partial charge in [-0.1, -0.05) is 43.3 Å². The SMILES string of the molecule is CCc1ccc(NC(=O)c2cc(Oc3ccc(C(c4ccc(Oc5ccc(OC=O)c(C(C)=O)c5)cc4)(C(F)(F)F)C(F)(F)F)cc3)ccc2C(=O)O)c(C(C)(C)O)c1. The number of hydrogen-bond acceptors (Lipinski definition) is 8. The lowest BCUT2D eigenvalue weighted by Gasteiger charge is -2.38. The average molecular weight is 824 g/mol. The number of amides is 1. The van der Waals surface area contributed by atoms with E-state index in [4.69, 9.17) is 14.2 Å². The molecule has 0 saturated heterocycles. The number of carboxylic acids is 1. The summed E-state index contributed by atoms with van der Waals surface area (Å²) in [5.74, 6) is -3.62. The highest BCUT2D eigenvalue weighted by Crippen LogP contribution is 2.56. The van der Waals surface area contributed by atoms with E-state index in [1.54, 1.807) is 18.2 Å². The van der Waals surface area contributed by atoms with Crippen molar-refractivity contribution in [2.45, 2.75) is 57.5 Å². The fraction of sp³-hybridized carbons (Fsp3) is 0.209. The Labute approximate surface area is 333 Å². The molecule has 0 aliphatic heterocycles. The quantitative estimate of drug-likeness (QED) is 0.0565. The Bertz CT molecular complexity index is 2370. The van der Waals surface area contributed by atoms with E-state index in [0.29, 0.717) is 36.2 Å². The molecule has 0 fully saturated rings. The van der Waals surface area contributed by atoms with Gasteiger partial charge in [-0.05, 0) is 111 Å². The number of aryl methyl sites for hydroxylation is 1. The third-order valence-corrected chi connectivity index (χ3v) is 9.27. The van der Waals surface area contributed by atoms with Crippen LogP contribution in [0.1, 0.15) is 81.0 Å². The van der Waals surface area contributed by atoms with Crippen molar-refractivity contribution in [1.82, 2.24) is 0 Å². The zero-order valence-electron chi connectivity index (χ0n) is 31.6. The van der Waals surface area contributed by atoms with Crippen LogP contribution in [0.3, 0.4) is 0 Å². The third-order valence-electron chi connectivity index (χ3n) is 9.27. The van der Waals surface area contributed by atoms with Crippen LogP contribution >= 0.6 is 0 Å². The maximum Gasteiger partial charge on any atom is 0.411 e. The Balaban J connectivity index is 1.46. The number of rotatable bonds is 14. The molecular formula is C43H35F6NO9. The molecule has 0 bridgehead atoms. The molecule has 59 heavy (non-hydrogen) atoms. The van der Waals surface area contributed by atoms with Crippen LogP contribution in [0.4, 0.5) is 32.0 Å². The molecule has 1 amide bonds. The highest BCUT2D eigenvalue weighted by molar-refractivity contribution is 6.11. The van der Waals surface area contributed by atoms with E-state index in [1.807, 2.05) is 6.92 Å². The number of aliphatic hydroxyl groups is 1. The van der Waals surface area contributed by atoms with Crippen LogP contribution in [0.25, 0.3) is 0 Å². The summed E-state index contributed by atoms with van der Waals surface area (Å²) in [5.41, 5.74) is -7.86. The molecule has 0 unspecified atom stereocenters. The van der Waals surface area contributed by atoms with E-state index < -0.39 is 63.3 Å².